The molecule has 0 nitrogen and oxygen atoms in total. The third-order valence-electron chi connectivity index (χ3n) is 2.77. The van der Waals surface area contributed by atoms with E-state index < -0.39 is 0 Å². The first-order valence-electron chi connectivity index (χ1n) is 4.62. The molecule has 1 aromatic carbocycles. The van der Waals surface area contributed by atoms with Crippen molar-refractivity contribution in [3.8, 4) is 0 Å². The van der Waals surface area contributed by atoms with Crippen LogP contribution in [-0.4, -0.2) is 0 Å². The summed E-state index contributed by atoms with van der Waals surface area (Å²) in [5.41, 5.74) is 2.44. The van der Waals surface area contributed by atoms with E-state index in [0.717, 1.165) is 12.0 Å². The average Bonchev–Trinajstić information content (AvgIpc) is 2.12. The van der Waals surface area contributed by atoms with Crippen LogP contribution in [0.5, 0.6) is 0 Å². The Kier molecular flexibility index (Phi) is 2.41. The molecule has 2 atom stereocenters. The lowest BCUT2D eigenvalue weighted by Crippen LogP contribution is -2.09. The number of hydrogen-bond donors (Lipinski definition) is 0. The Hall–Kier alpha value is -0.370. The van der Waals surface area contributed by atoms with Gasteiger partial charge in [0.05, 0.1) is 0 Å². The lowest BCUT2D eigenvalue weighted by Gasteiger charge is -2.26. The third-order valence-corrected chi connectivity index (χ3v) is 3.72. The molecule has 1 aromatic rings. The zero-order valence-electron chi connectivity index (χ0n) is 7.56. The number of fused-ring (bicyclic) bond motifs is 1. The second kappa shape index (κ2) is 3.41. The van der Waals surface area contributed by atoms with Crippen LogP contribution in [-0.2, 0) is 0 Å². The smallest absolute Gasteiger partial charge is 0.123 e. The van der Waals surface area contributed by atoms with E-state index in [9.17, 15) is 4.39 Å². The number of rotatable bonds is 0. The minimum absolute atomic E-state index is 0.127. The monoisotopic (exact) mass is 242 g/mol. The summed E-state index contributed by atoms with van der Waals surface area (Å²) in [6.45, 7) is 2.20. The van der Waals surface area contributed by atoms with Crippen LogP contribution in [0.4, 0.5) is 4.39 Å². The summed E-state index contributed by atoms with van der Waals surface area (Å²) in [5, 5.41) is 0. The van der Waals surface area contributed by atoms with Gasteiger partial charge < -0.3 is 0 Å². The van der Waals surface area contributed by atoms with Gasteiger partial charge in [0.25, 0.3) is 0 Å². The van der Waals surface area contributed by atoms with Gasteiger partial charge >= 0.3 is 0 Å². The van der Waals surface area contributed by atoms with Crippen LogP contribution in [0.3, 0.4) is 0 Å². The van der Waals surface area contributed by atoms with Gasteiger partial charge in [0.1, 0.15) is 5.82 Å². The highest BCUT2D eigenvalue weighted by Gasteiger charge is 2.22. The number of benzene rings is 1. The van der Waals surface area contributed by atoms with Gasteiger partial charge in [-0.3, -0.25) is 0 Å². The number of alkyl halides is 1. The quantitative estimate of drug-likeness (QED) is 0.600. The van der Waals surface area contributed by atoms with Gasteiger partial charge in [-0.2, -0.15) is 0 Å². The van der Waals surface area contributed by atoms with Crippen LogP contribution in [0.25, 0.3) is 0 Å². The molecule has 2 rings (SSSR count). The summed E-state index contributed by atoms with van der Waals surface area (Å²) in [5.74, 6) is 0.446. The van der Waals surface area contributed by atoms with Crippen molar-refractivity contribution in [2.75, 3.05) is 0 Å². The zero-order valence-corrected chi connectivity index (χ0v) is 9.14. The molecule has 2 heteroatoms. The molecule has 2 unspecified atom stereocenters. The van der Waals surface area contributed by atoms with Crippen LogP contribution >= 0.6 is 15.9 Å². The molecule has 1 aliphatic rings. The molecule has 0 radical (unpaired) electrons. The third kappa shape index (κ3) is 1.64. The Morgan fingerprint density at radius 3 is 2.85 bits per heavy atom. The molecule has 0 fully saturated rings. The topological polar surface area (TPSA) is 0 Å². The maximum Gasteiger partial charge on any atom is 0.123 e. The fourth-order valence-electron chi connectivity index (χ4n) is 1.97. The first-order chi connectivity index (χ1) is 6.18. The normalized spacial score (nSPS) is 27.0. The Morgan fingerprint density at radius 1 is 1.31 bits per heavy atom. The van der Waals surface area contributed by atoms with Gasteiger partial charge in [-0.05, 0) is 42.0 Å². The molecule has 1 aliphatic carbocycles. The van der Waals surface area contributed by atoms with E-state index in [0.29, 0.717) is 10.7 Å². The standard InChI is InChI=1S/C11H12BrF/c1-7-2-5-11(12)10-6-8(13)3-4-9(7)10/h3-4,6-7,11H,2,5H2,1H3. The maximum atomic E-state index is 13.0. The predicted molar refractivity (Wildman–Crippen MR) is 55.7 cm³/mol. The van der Waals surface area contributed by atoms with E-state index in [-0.39, 0.29) is 5.82 Å². The van der Waals surface area contributed by atoms with Gasteiger partial charge in [0.15, 0.2) is 0 Å². The summed E-state index contributed by atoms with van der Waals surface area (Å²) < 4.78 is 13.0. The summed E-state index contributed by atoms with van der Waals surface area (Å²) >= 11 is 3.58. The van der Waals surface area contributed by atoms with Gasteiger partial charge in [-0.1, -0.05) is 28.9 Å². The zero-order chi connectivity index (χ0) is 9.42. The van der Waals surface area contributed by atoms with E-state index >= 15 is 0 Å². The molecule has 0 spiro atoms. The van der Waals surface area contributed by atoms with Crippen LogP contribution in [0.1, 0.15) is 41.6 Å². The Balaban J connectivity index is 2.50. The van der Waals surface area contributed by atoms with Crippen molar-refractivity contribution in [1.29, 1.82) is 0 Å². The Bertz CT molecular complexity index is 322. The molecule has 13 heavy (non-hydrogen) atoms. The van der Waals surface area contributed by atoms with Crippen molar-refractivity contribution >= 4 is 15.9 Å². The van der Waals surface area contributed by atoms with Crippen molar-refractivity contribution in [3.05, 3.63) is 35.1 Å². The van der Waals surface area contributed by atoms with Crippen LogP contribution in [0.15, 0.2) is 18.2 Å². The van der Waals surface area contributed by atoms with Crippen molar-refractivity contribution in [3.63, 3.8) is 0 Å². The van der Waals surface area contributed by atoms with Crippen LogP contribution < -0.4 is 0 Å². The molecule has 0 bridgehead atoms. The summed E-state index contributed by atoms with van der Waals surface area (Å²) in [4.78, 5) is 0.342. The summed E-state index contributed by atoms with van der Waals surface area (Å²) in [7, 11) is 0. The van der Waals surface area contributed by atoms with Gasteiger partial charge in [-0.15, -0.1) is 0 Å². The fourth-order valence-corrected chi connectivity index (χ4v) is 2.63. The van der Waals surface area contributed by atoms with E-state index in [1.807, 2.05) is 6.07 Å². The van der Waals surface area contributed by atoms with E-state index in [4.69, 9.17) is 0 Å². The molecule has 0 amide bonds. The van der Waals surface area contributed by atoms with Crippen molar-refractivity contribution < 1.29 is 4.39 Å². The second-order valence-electron chi connectivity index (χ2n) is 3.72. The highest BCUT2D eigenvalue weighted by molar-refractivity contribution is 9.09. The highest BCUT2D eigenvalue weighted by atomic mass is 79.9. The van der Waals surface area contributed by atoms with Crippen molar-refractivity contribution in [2.45, 2.75) is 30.5 Å². The van der Waals surface area contributed by atoms with E-state index in [2.05, 4.69) is 22.9 Å². The van der Waals surface area contributed by atoms with E-state index in [1.165, 1.54) is 12.0 Å². The highest BCUT2D eigenvalue weighted by Crippen LogP contribution is 2.41. The first-order valence-corrected chi connectivity index (χ1v) is 5.53. The van der Waals surface area contributed by atoms with E-state index in [1.54, 1.807) is 12.1 Å². The first kappa shape index (κ1) is 9.20. The lowest BCUT2D eigenvalue weighted by molar-refractivity contribution is 0.573. The van der Waals surface area contributed by atoms with Crippen LogP contribution in [0, 0.1) is 5.82 Å². The molecular formula is C11H12BrF. The molecular weight excluding hydrogens is 231 g/mol. The SMILES string of the molecule is CC1CCC(Br)c2cc(F)ccc21. The minimum atomic E-state index is -0.127. The molecule has 0 heterocycles. The molecule has 70 valence electrons. The second-order valence-corrected chi connectivity index (χ2v) is 4.82. The van der Waals surface area contributed by atoms with Crippen molar-refractivity contribution in [1.82, 2.24) is 0 Å². The Morgan fingerprint density at radius 2 is 2.08 bits per heavy atom. The van der Waals surface area contributed by atoms with Crippen molar-refractivity contribution in [2.24, 2.45) is 0 Å². The maximum absolute atomic E-state index is 13.0. The molecule has 0 saturated heterocycles. The lowest BCUT2D eigenvalue weighted by atomic mass is 9.84. The molecule has 0 aromatic heterocycles. The van der Waals surface area contributed by atoms with Crippen LogP contribution in [0.2, 0.25) is 0 Å². The molecule has 0 aliphatic heterocycles. The minimum Gasteiger partial charge on any atom is -0.207 e. The number of hydrogen-bond acceptors (Lipinski definition) is 0. The largest absolute Gasteiger partial charge is 0.207 e. The summed E-state index contributed by atoms with van der Waals surface area (Å²) in [6.07, 6.45) is 2.30. The van der Waals surface area contributed by atoms with Gasteiger partial charge in [-0.25, -0.2) is 4.39 Å². The molecule has 0 saturated carbocycles. The predicted octanol–water partition coefficient (Wildman–Crippen LogP) is 4.16. The Labute approximate surface area is 86.3 Å². The fraction of sp³-hybridized carbons (Fsp3) is 0.455. The van der Waals surface area contributed by atoms with Gasteiger partial charge in [0, 0.05) is 4.83 Å². The van der Waals surface area contributed by atoms with Gasteiger partial charge in [0.2, 0.25) is 0 Å². The average molecular weight is 243 g/mol. The molecule has 0 N–H and O–H groups in total. The number of halogens is 2. The summed E-state index contributed by atoms with van der Waals surface area (Å²) in [6, 6.07) is 5.13.